The average molecular weight is 265 g/mol. The van der Waals surface area contributed by atoms with Crippen molar-refractivity contribution in [3.63, 3.8) is 0 Å². The lowest BCUT2D eigenvalue weighted by Crippen LogP contribution is -2.40. The molecule has 1 aliphatic heterocycles. The molecule has 2 rings (SSSR count). The zero-order valence-electron chi connectivity index (χ0n) is 11.7. The van der Waals surface area contributed by atoms with Gasteiger partial charge in [0.1, 0.15) is 17.5 Å². The summed E-state index contributed by atoms with van der Waals surface area (Å²) in [5.41, 5.74) is 2.58. The van der Waals surface area contributed by atoms with E-state index in [1.165, 1.54) is 0 Å². The van der Waals surface area contributed by atoms with Crippen LogP contribution in [0, 0.1) is 6.92 Å². The van der Waals surface area contributed by atoms with Crippen LogP contribution in [0.2, 0.25) is 0 Å². The van der Waals surface area contributed by atoms with Crippen LogP contribution in [0.25, 0.3) is 0 Å². The molecule has 6 nitrogen and oxygen atoms in total. The first-order valence-electron chi connectivity index (χ1n) is 6.91. The third-order valence-electron chi connectivity index (χ3n) is 3.23. The van der Waals surface area contributed by atoms with Crippen molar-refractivity contribution in [3.05, 3.63) is 11.9 Å². The molecule has 106 valence electrons. The maximum absolute atomic E-state index is 5.85. The van der Waals surface area contributed by atoms with E-state index < -0.39 is 0 Å². The number of nitrogens with two attached hydrogens (primary N) is 1. The number of hydrogen-bond donors (Lipinski definition) is 2. The Morgan fingerprint density at radius 3 is 3.11 bits per heavy atom. The average Bonchev–Trinajstić information content (AvgIpc) is 2.44. The second-order valence-corrected chi connectivity index (χ2v) is 4.88. The minimum atomic E-state index is 0.304. The van der Waals surface area contributed by atoms with Gasteiger partial charge in [0.15, 0.2) is 0 Å². The molecule has 1 fully saturated rings. The topological polar surface area (TPSA) is 76.3 Å². The molecule has 1 aromatic rings. The Balaban J connectivity index is 2.06. The van der Waals surface area contributed by atoms with Crippen LogP contribution < -0.4 is 16.2 Å². The molecular formula is C13H23N5O. The van der Waals surface area contributed by atoms with E-state index in [1.807, 2.05) is 13.0 Å². The molecule has 19 heavy (non-hydrogen) atoms. The number of nitrogens with zero attached hydrogens (tertiary/aromatic N) is 3. The maximum Gasteiger partial charge on any atom is 0.145 e. The van der Waals surface area contributed by atoms with E-state index in [0.717, 1.165) is 50.6 Å². The van der Waals surface area contributed by atoms with E-state index in [1.54, 1.807) is 0 Å². The highest BCUT2D eigenvalue weighted by atomic mass is 16.5. The zero-order valence-corrected chi connectivity index (χ0v) is 11.7. The minimum absolute atomic E-state index is 0.304. The Morgan fingerprint density at radius 1 is 1.53 bits per heavy atom. The number of anilines is 2. The fraction of sp³-hybridized carbons (Fsp3) is 0.692. The number of rotatable bonds is 5. The molecule has 0 amide bonds. The molecular weight excluding hydrogens is 242 g/mol. The van der Waals surface area contributed by atoms with E-state index in [4.69, 9.17) is 10.6 Å². The van der Waals surface area contributed by atoms with Crippen molar-refractivity contribution in [2.45, 2.75) is 39.2 Å². The Labute approximate surface area is 114 Å². The summed E-state index contributed by atoms with van der Waals surface area (Å²) in [6.07, 6.45) is 3.62. The molecule has 1 atom stereocenters. The monoisotopic (exact) mass is 265 g/mol. The number of hydrazine groups is 1. The van der Waals surface area contributed by atoms with E-state index in [9.17, 15) is 0 Å². The number of piperidine rings is 1. The first kappa shape index (κ1) is 14.0. The molecule has 0 spiro atoms. The standard InChI is InChI=1S/C13H23N5O/c1-3-7-19-11-5-4-6-18(9-11)13-8-12(17-14)15-10(2)16-13/h8,11H,3-7,9,14H2,1-2H3,(H,15,16,17). The molecule has 0 radical (unpaired) electrons. The van der Waals surface area contributed by atoms with Gasteiger partial charge in [-0.2, -0.15) is 0 Å². The number of aromatic nitrogens is 2. The summed E-state index contributed by atoms with van der Waals surface area (Å²) >= 11 is 0. The van der Waals surface area contributed by atoms with E-state index in [-0.39, 0.29) is 0 Å². The van der Waals surface area contributed by atoms with Crippen molar-refractivity contribution in [2.75, 3.05) is 30.0 Å². The van der Waals surface area contributed by atoms with Gasteiger partial charge in [0.2, 0.25) is 0 Å². The lowest BCUT2D eigenvalue weighted by Gasteiger charge is -2.33. The lowest BCUT2D eigenvalue weighted by molar-refractivity contribution is 0.0439. The Hall–Kier alpha value is -1.40. The molecule has 2 heterocycles. The van der Waals surface area contributed by atoms with E-state index >= 15 is 0 Å². The van der Waals surface area contributed by atoms with Crippen molar-refractivity contribution in [2.24, 2.45) is 5.84 Å². The van der Waals surface area contributed by atoms with Crippen LogP contribution in [0.4, 0.5) is 11.6 Å². The van der Waals surface area contributed by atoms with Crippen LogP contribution in [0.5, 0.6) is 0 Å². The number of hydrogen-bond acceptors (Lipinski definition) is 6. The number of aryl methyl sites for hydroxylation is 1. The number of nitrogen functional groups attached to an aromatic ring is 1. The Bertz CT molecular complexity index is 412. The second-order valence-electron chi connectivity index (χ2n) is 4.88. The molecule has 1 aromatic heterocycles. The van der Waals surface area contributed by atoms with Gasteiger partial charge in [-0.25, -0.2) is 15.8 Å². The first-order valence-corrected chi connectivity index (χ1v) is 6.91. The summed E-state index contributed by atoms with van der Waals surface area (Å²) in [5, 5.41) is 0. The molecule has 0 aromatic carbocycles. The molecule has 0 bridgehead atoms. The quantitative estimate of drug-likeness (QED) is 0.620. The molecule has 1 unspecified atom stereocenters. The van der Waals surface area contributed by atoms with Crippen molar-refractivity contribution in [1.29, 1.82) is 0 Å². The summed E-state index contributed by atoms with van der Waals surface area (Å²) in [7, 11) is 0. The van der Waals surface area contributed by atoms with Crippen LogP contribution in [-0.2, 0) is 4.74 Å². The van der Waals surface area contributed by atoms with Gasteiger partial charge in [-0.3, -0.25) is 0 Å². The van der Waals surface area contributed by atoms with Gasteiger partial charge in [0.05, 0.1) is 6.10 Å². The van der Waals surface area contributed by atoms with Gasteiger partial charge in [-0.05, 0) is 26.2 Å². The summed E-state index contributed by atoms with van der Waals surface area (Å²) in [4.78, 5) is 10.9. The SMILES string of the molecule is CCCOC1CCCN(c2cc(NN)nc(C)n2)C1. The third-order valence-corrected chi connectivity index (χ3v) is 3.23. The molecule has 1 aliphatic rings. The summed E-state index contributed by atoms with van der Waals surface area (Å²) in [6.45, 7) is 6.73. The normalized spacial score (nSPS) is 19.5. The van der Waals surface area contributed by atoms with Gasteiger partial charge in [-0.15, -0.1) is 0 Å². The van der Waals surface area contributed by atoms with Crippen LogP contribution in [0.1, 0.15) is 32.0 Å². The van der Waals surface area contributed by atoms with Gasteiger partial charge in [0, 0.05) is 25.8 Å². The second kappa shape index (κ2) is 6.68. The highest BCUT2D eigenvalue weighted by Gasteiger charge is 2.21. The fourth-order valence-electron chi connectivity index (χ4n) is 2.35. The van der Waals surface area contributed by atoms with Crippen molar-refractivity contribution in [3.8, 4) is 0 Å². The van der Waals surface area contributed by atoms with Gasteiger partial charge >= 0.3 is 0 Å². The Morgan fingerprint density at radius 2 is 2.37 bits per heavy atom. The highest BCUT2D eigenvalue weighted by Crippen LogP contribution is 2.21. The third kappa shape index (κ3) is 3.78. The summed E-state index contributed by atoms with van der Waals surface area (Å²) in [6, 6.07) is 1.88. The molecule has 0 aliphatic carbocycles. The van der Waals surface area contributed by atoms with Crippen LogP contribution >= 0.6 is 0 Å². The fourth-order valence-corrected chi connectivity index (χ4v) is 2.35. The summed E-state index contributed by atoms with van der Waals surface area (Å²) < 4.78 is 5.85. The van der Waals surface area contributed by atoms with Crippen LogP contribution in [0.3, 0.4) is 0 Å². The van der Waals surface area contributed by atoms with E-state index in [2.05, 4.69) is 27.2 Å². The predicted molar refractivity (Wildman–Crippen MR) is 76.1 cm³/mol. The largest absolute Gasteiger partial charge is 0.376 e. The number of nitrogens with one attached hydrogen (secondary N) is 1. The lowest BCUT2D eigenvalue weighted by atomic mass is 10.1. The molecule has 3 N–H and O–H groups in total. The molecule has 1 saturated heterocycles. The van der Waals surface area contributed by atoms with E-state index in [0.29, 0.717) is 11.9 Å². The zero-order chi connectivity index (χ0) is 13.7. The minimum Gasteiger partial charge on any atom is -0.376 e. The molecule has 0 saturated carbocycles. The molecule has 6 heteroatoms. The summed E-state index contributed by atoms with van der Waals surface area (Å²) in [5.74, 6) is 7.72. The predicted octanol–water partition coefficient (Wildman–Crippen LogP) is 1.47. The van der Waals surface area contributed by atoms with Crippen molar-refractivity contribution < 1.29 is 4.74 Å². The maximum atomic E-state index is 5.85. The van der Waals surface area contributed by atoms with Crippen LogP contribution in [-0.4, -0.2) is 35.8 Å². The van der Waals surface area contributed by atoms with Gasteiger partial charge in [0.25, 0.3) is 0 Å². The van der Waals surface area contributed by atoms with Crippen molar-refractivity contribution in [1.82, 2.24) is 9.97 Å². The van der Waals surface area contributed by atoms with Gasteiger partial charge < -0.3 is 15.1 Å². The van der Waals surface area contributed by atoms with Crippen LogP contribution in [0.15, 0.2) is 6.07 Å². The Kier molecular flexibility index (Phi) is 4.93. The highest BCUT2D eigenvalue weighted by molar-refractivity contribution is 5.49. The smallest absolute Gasteiger partial charge is 0.145 e. The number of ether oxygens (including phenoxy) is 1. The van der Waals surface area contributed by atoms with Gasteiger partial charge in [-0.1, -0.05) is 6.92 Å². The first-order chi connectivity index (χ1) is 9.22. The van der Waals surface area contributed by atoms with Crippen molar-refractivity contribution >= 4 is 11.6 Å².